The number of aliphatic hydroxyl groups excluding tert-OH is 1. The molecular weight excluding hydrogens is 500 g/mol. The van der Waals surface area contributed by atoms with Crippen molar-refractivity contribution in [3.8, 4) is 5.75 Å². The minimum Gasteiger partial charge on any atom is -0.487 e. The van der Waals surface area contributed by atoms with Gasteiger partial charge in [-0.15, -0.1) is 0 Å². The maximum atomic E-state index is 10.6. The molecule has 110 valence electrons. The third kappa shape index (κ3) is 4.27. The molecule has 2 aromatic carbocycles. The van der Waals surface area contributed by atoms with E-state index in [4.69, 9.17) is 9.84 Å². The Bertz CT molecular complexity index is 636. The fourth-order valence-electron chi connectivity index (χ4n) is 1.71. The second kappa shape index (κ2) is 7.36. The Morgan fingerprint density at radius 3 is 2.14 bits per heavy atom. The van der Waals surface area contributed by atoms with E-state index in [9.17, 15) is 10.1 Å². The fraction of sp³-hybridized carbons (Fsp3) is 0.143. The number of halogens is 2. The highest BCUT2D eigenvalue weighted by Gasteiger charge is 2.10. The molecule has 0 aliphatic rings. The van der Waals surface area contributed by atoms with Gasteiger partial charge in [-0.1, -0.05) is 0 Å². The molecule has 0 saturated carbocycles. The van der Waals surface area contributed by atoms with Crippen molar-refractivity contribution in [2.24, 2.45) is 0 Å². The second-order valence-corrected chi connectivity index (χ2v) is 6.58. The Morgan fingerprint density at radius 1 is 1.10 bits per heavy atom. The SMILES string of the molecule is O=[N+]([O-])c1ccc(COc2c(I)cc(CO)cc2I)cc1. The van der Waals surface area contributed by atoms with Gasteiger partial charge >= 0.3 is 0 Å². The molecule has 7 heteroatoms. The van der Waals surface area contributed by atoms with Crippen LogP contribution in [0.4, 0.5) is 5.69 Å². The van der Waals surface area contributed by atoms with Crippen molar-refractivity contribution in [1.82, 2.24) is 0 Å². The number of nitro groups is 1. The van der Waals surface area contributed by atoms with Crippen molar-refractivity contribution in [3.05, 3.63) is 64.8 Å². The van der Waals surface area contributed by atoms with E-state index < -0.39 is 4.92 Å². The van der Waals surface area contributed by atoms with Gasteiger partial charge in [0.25, 0.3) is 5.69 Å². The molecule has 0 amide bonds. The molecule has 0 radical (unpaired) electrons. The van der Waals surface area contributed by atoms with Crippen LogP contribution >= 0.6 is 45.2 Å². The lowest BCUT2D eigenvalue weighted by atomic mass is 10.2. The maximum Gasteiger partial charge on any atom is 0.269 e. The van der Waals surface area contributed by atoms with Crippen molar-refractivity contribution in [1.29, 1.82) is 0 Å². The summed E-state index contributed by atoms with van der Waals surface area (Å²) >= 11 is 4.32. The van der Waals surface area contributed by atoms with E-state index in [2.05, 4.69) is 45.2 Å². The van der Waals surface area contributed by atoms with Gasteiger partial charge in [0.05, 0.1) is 18.7 Å². The lowest BCUT2D eigenvalue weighted by molar-refractivity contribution is -0.384. The second-order valence-electron chi connectivity index (χ2n) is 4.26. The predicted octanol–water partition coefficient (Wildman–Crippen LogP) is 3.88. The molecule has 0 fully saturated rings. The Kier molecular flexibility index (Phi) is 5.76. The smallest absolute Gasteiger partial charge is 0.269 e. The summed E-state index contributed by atoms with van der Waals surface area (Å²) in [4.78, 5) is 10.2. The van der Waals surface area contributed by atoms with Gasteiger partial charge < -0.3 is 9.84 Å². The van der Waals surface area contributed by atoms with E-state index >= 15 is 0 Å². The molecule has 0 heterocycles. The van der Waals surface area contributed by atoms with E-state index in [0.29, 0.717) is 6.61 Å². The van der Waals surface area contributed by atoms with Crippen molar-refractivity contribution < 1.29 is 14.8 Å². The Morgan fingerprint density at radius 2 is 1.67 bits per heavy atom. The number of ether oxygens (including phenoxy) is 1. The number of nitrogens with zero attached hydrogens (tertiary/aromatic N) is 1. The van der Waals surface area contributed by atoms with Crippen molar-refractivity contribution in [2.75, 3.05) is 0 Å². The highest BCUT2D eigenvalue weighted by molar-refractivity contribution is 14.1. The molecule has 2 rings (SSSR count). The topological polar surface area (TPSA) is 72.6 Å². The predicted molar refractivity (Wildman–Crippen MR) is 95.2 cm³/mol. The summed E-state index contributed by atoms with van der Waals surface area (Å²) in [7, 11) is 0. The van der Waals surface area contributed by atoms with Crippen LogP contribution in [-0.4, -0.2) is 10.0 Å². The van der Waals surface area contributed by atoms with Crippen LogP contribution in [0.1, 0.15) is 11.1 Å². The summed E-state index contributed by atoms with van der Waals surface area (Å²) in [5, 5.41) is 19.7. The van der Waals surface area contributed by atoms with Gasteiger partial charge in [0, 0.05) is 12.1 Å². The van der Waals surface area contributed by atoms with E-state index in [1.807, 2.05) is 12.1 Å². The fourth-order valence-corrected chi connectivity index (χ4v) is 3.92. The van der Waals surface area contributed by atoms with Gasteiger partial charge in [-0.2, -0.15) is 0 Å². The molecule has 0 saturated heterocycles. The lowest BCUT2D eigenvalue weighted by Gasteiger charge is -2.11. The van der Waals surface area contributed by atoms with Crippen molar-refractivity contribution >= 4 is 50.9 Å². The average molecular weight is 511 g/mol. The summed E-state index contributed by atoms with van der Waals surface area (Å²) < 4.78 is 7.63. The molecule has 2 aromatic rings. The molecule has 5 nitrogen and oxygen atoms in total. The first kappa shape index (κ1) is 16.4. The number of benzene rings is 2. The molecule has 0 unspecified atom stereocenters. The molecule has 21 heavy (non-hydrogen) atoms. The highest BCUT2D eigenvalue weighted by Crippen LogP contribution is 2.29. The summed E-state index contributed by atoms with van der Waals surface area (Å²) in [6.45, 7) is 0.330. The normalized spacial score (nSPS) is 10.4. The first-order chi connectivity index (χ1) is 10.0. The molecular formula is C14H11I2NO4. The lowest BCUT2D eigenvalue weighted by Crippen LogP contribution is -2.00. The van der Waals surface area contributed by atoms with Gasteiger partial charge in [-0.3, -0.25) is 10.1 Å². The molecule has 0 spiro atoms. The third-order valence-electron chi connectivity index (χ3n) is 2.77. The first-order valence-electron chi connectivity index (χ1n) is 5.96. The van der Waals surface area contributed by atoms with Crippen LogP contribution < -0.4 is 4.74 Å². The van der Waals surface area contributed by atoms with Crippen LogP contribution in [0.2, 0.25) is 0 Å². The average Bonchev–Trinajstić information content (AvgIpc) is 2.46. The zero-order valence-corrected chi connectivity index (χ0v) is 15.1. The molecule has 0 aromatic heterocycles. The number of hydrogen-bond donors (Lipinski definition) is 1. The van der Waals surface area contributed by atoms with Gasteiger partial charge in [-0.05, 0) is 80.6 Å². The van der Waals surface area contributed by atoms with E-state index in [1.165, 1.54) is 12.1 Å². The molecule has 1 N–H and O–H groups in total. The Balaban J connectivity index is 2.11. The molecule has 0 aliphatic carbocycles. The number of nitro benzene ring substituents is 1. The standard InChI is InChI=1S/C14H11I2NO4/c15-12-5-10(7-18)6-13(16)14(12)21-8-9-1-3-11(4-2-9)17(19)20/h1-6,18H,7-8H2. The first-order valence-corrected chi connectivity index (χ1v) is 8.12. The number of non-ortho nitro benzene ring substituents is 1. The Labute approximate surface area is 148 Å². The van der Waals surface area contributed by atoms with E-state index in [-0.39, 0.29) is 12.3 Å². The van der Waals surface area contributed by atoms with Crippen LogP contribution in [0, 0.1) is 17.3 Å². The number of aliphatic hydroxyl groups is 1. The van der Waals surface area contributed by atoms with E-state index in [0.717, 1.165) is 24.0 Å². The minimum absolute atomic E-state index is 0.00532. The summed E-state index contributed by atoms with van der Waals surface area (Å²) in [6, 6.07) is 10.0. The molecule has 0 aliphatic heterocycles. The number of rotatable bonds is 5. The maximum absolute atomic E-state index is 10.6. The minimum atomic E-state index is -0.426. The van der Waals surface area contributed by atoms with Crippen molar-refractivity contribution in [3.63, 3.8) is 0 Å². The molecule has 0 bridgehead atoms. The van der Waals surface area contributed by atoms with Crippen LogP contribution in [0.5, 0.6) is 5.75 Å². The van der Waals surface area contributed by atoms with Gasteiger partial charge in [0.2, 0.25) is 0 Å². The summed E-state index contributed by atoms with van der Waals surface area (Å²) in [5.41, 5.74) is 1.76. The van der Waals surface area contributed by atoms with Crippen LogP contribution in [0.15, 0.2) is 36.4 Å². The molecule has 0 atom stereocenters. The van der Waals surface area contributed by atoms with Crippen LogP contribution in [0.3, 0.4) is 0 Å². The number of hydrogen-bond acceptors (Lipinski definition) is 4. The quantitative estimate of drug-likeness (QED) is 0.376. The monoisotopic (exact) mass is 511 g/mol. The highest BCUT2D eigenvalue weighted by atomic mass is 127. The zero-order chi connectivity index (χ0) is 15.4. The largest absolute Gasteiger partial charge is 0.487 e. The Hall–Kier alpha value is -0.940. The third-order valence-corrected chi connectivity index (χ3v) is 4.37. The van der Waals surface area contributed by atoms with Crippen LogP contribution in [-0.2, 0) is 13.2 Å². The zero-order valence-electron chi connectivity index (χ0n) is 10.8. The van der Waals surface area contributed by atoms with Gasteiger partial charge in [-0.25, -0.2) is 0 Å². The summed E-state index contributed by atoms with van der Waals surface area (Å²) in [6.07, 6.45) is 0. The van der Waals surface area contributed by atoms with Gasteiger partial charge in [0.1, 0.15) is 12.4 Å². The van der Waals surface area contributed by atoms with Gasteiger partial charge in [0.15, 0.2) is 0 Å². The van der Waals surface area contributed by atoms with Crippen LogP contribution in [0.25, 0.3) is 0 Å². The van der Waals surface area contributed by atoms with E-state index in [1.54, 1.807) is 12.1 Å². The summed E-state index contributed by atoms with van der Waals surface area (Å²) in [5.74, 6) is 0.756. The van der Waals surface area contributed by atoms with Crippen molar-refractivity contribution in [2.45, 2.75) is 13.2 Å².